The van der Waals surface area contributed by atoms with Crippen LogP contribution in [0.5, 0.6) is 5.75 Å². The van der Waals surface area contributed by atoms with E-state index in [2.05, 4.69) is 4.98 Å². The third-order valence-corrected chi connectivity index (χ3v) is 3.01. The first kappa shape index (κ1) is 10.7. The zero-order valence-corrected chi connectivity index (χ0v) is 9.07. The molecule has 5 nitrogen and oxygen atoms in total. The summed E-state index contributed by atoms with van der Waals surface area (Å²) in [6.45, 7) is 0. The summed E-state index contributed by atoms with van der Waals surface area (Å²) in [7, 11) is -3.64. The molecule has 1 aromatic heterocycles. The van der Waals surface area contributed by atoms with Crippen LogP contribution in [0.15, 0.2) is 53.7 Å². The molecule has 0 radical (unpaired) electrons. The van der Waals surface area contributed by atoms with Crippen LogP contribution in [0.4, 0.5) is 0 Å². The fourth-order valence-corrected chi connectivity index (χ4v) is 1.89. The van der Waals surface area contributed by atoms with Crippen LogP contribution in [-0.2, 0) is 10.0 Å². The van der Waals surface area contributed by atoms with Gasteiger partial charge >= 0.3 is 0 Å². The molecule has 0 amide bonds. The summed E-state index contributed by atoms with van der Waals surface area (Å²) in [5, 5.41) is 0.0587. The zero-order valence-electron chi connectivity index (χ0n) is 8.25. The zero-order chi connectivity index (χ0) is 11.4. The maximum absolute atomic E-state index is 11.6. The van der Waals surface area contributed by atoms with Gasteiger partial charge in [-0.15, -0.1) is 0 Å². The molecule has 0 aliphatic heterocycles. The van der Waals surface area contributed by atoms with E-state index in [9.17, 15) is 8.42 Å². The molecule has 84 valence electrons. The van der Waals surface area contributed by atoms with E-state index in [1.54, 1.807) is 30.3 Å². The molecule has 0 bridgehead atoms. The second-order valence-corrected chi connectivity index (χ2v) is 4.65. The topological polar surface area (TPSA) is 71.2 Å². The van der Waals surface area contributed by atoms with Gasteiger partial charge in [0.2, 0.25) is 0 Å². The van der Waals surface area contributed by atoms with Gasteiger partial charge in [0.05, 0.1) is 0 Å². The largest absolute Gasteiger partial charge is 0.394 e. The van der Waals surface area contributed by atoms with Crippen LogP contribution in [0.2, 0.25) is 0 Å². The first-order valence-corrected chi connectivity index (χ1v) is 6.04. The van der Waals surface area contributed by atoms with Crippen molar-refractivity contribution >= 4 is 10.0 Å². The smallest absolute Gasteiger partial charge is 0.286 e. The Labute approximate surface area is 93.1 Å². The molecule has 0 aliphatic carbocycles. The van der Waals surface area contributed by atoms with E-state index in [0.717, 1.165) is 0 Å². The van der Waals surface area contributed by atoms with Crippen LogP contribution < -0.4 is 9.72 Å². The molecular formula is C10H10N2O3S. The highest BCUT2D eigenvalue weighted by Crippen LogP contribution is 2.09. The van der Waals surface area contributed by atoms with E-state index < -0.39 is 10.0 Å². The molecule has 6 heteroatoms. The van der Waals surface area contributed by atoms with Crippen LogP contribution in [0.1, 0.15) is 0 Å². The van der Waals surface area contributed by atoms with Crippen molar-refractivity contribution < 1.29 is 13.3 Å². The standard InChI is InChI=1S/C10H10N2O3S/c13-16(14,10-7-4-8-11-10)12-15-9-5-2-1-3-6-9/h1-8,11-12H. The molecule has 1 aromatic carbocycles. The van der Waals surface area contributed by atoms with Gasteiger partial charge in [0, 0.05) is 6.20 Å². The summed E-state index contributed by atoms with van der Waals surface area (Å²) < 4.78 is 23.2. The Morgan fingerprint density at radius 2 is 1.81 bits per heavy atom. The molecule has 0 aliphatic rings. The summed E-state index contributed by atoms with van der Waals surface area (Å²) in [5.74, 6) is 0.428. The highest BCUT2D eigenvalue weighted by Gasteiger charge is 2.14. The van der Waals surface area contributed by atoms with Crippen LogP contribution in [0.3, 0.4) is 0 Å². The number of sulfonamides is 1. The predicted molar refractivity (Wildman–Crippen MR) is 58.2 cm³/mol. The first-order chi connectivity index (χ1) is 7.68. The summed E-state index contributed by atoms with van der Waals surface area (Å²) in [6, 6.07) is 11.6. The Kier molecular flexibility index (Phi) is 2.93. The molecule has 2 aromatic rings. The molecule has 0 fully saturated rings. The van der Waals surface area contributed by atoms with E-state index in [0.29, 0.717) is 5.75 Å². The minimum atomic E-state index is -3.64. The van der Waals surface area contributed by atoms with Crippen molar-refractivity contribution in [1.29, 1.82) is 0 Å². The van der Waals surface area contributed by atoms with Gasteiger partial charge in [0.25, 0.3) is 10.0 Å². The average Bonchev–Trinajstić information content (AvgIpc) is 2.82. The molecule has 0 atom stereocenters. The minimum absolute atomic E-state index is 0.0587. The summed E-state index contributed by atoms with van der Waals surface area (Å²) in [4.78, 5) is 9.54. The number of hydrogen-bond donors (Lipinski definition) is 2. The fourth-order valence-electron chi connectivity index (χ4n) is 1.12. The Balaban J connectivity index is 2.07. The first-order valence-electron chi connectivity index (χ1n) is 4.55. The minimum Gasteiger partial charge on any atom is -0.394 e. The van der Waals surface area contributed by atoms with Crippen molar-refractivity contribution in [1.82, 2.24) is 9.87 Å². The number of para-hydroxylation sites is 1. The Morgan fingerprint density at radius 3 is 2.44 bits per heavy atom. The van der Waals surface area contributed by atoms with Gasteiger partial charge in [0.1, 0.15) is 5.75 Å². The molecule has 2 N–H and O–H groups in total. The predicted octanol–water partition coefficient (Wildman–Crippen LogP) is 1.29. The van der Waals surface area contributed by atoms with E-state index in [4.69, 9.17) is 4.84 Å². The molecule has 0 saturated carbocycles. The van der Waals surface area contributed by atoms with E-state index in [1.165, 1.54) is 12.3 Å². The van der Waals surface area contributed by atoms with Gasteiger partial charge < -0.3 is 9.82 Å². The normalized spacial score (nSPS) is 11.2. The lowest BCUT2D eigenvalue weighted by molar-refractivity contribution is 0.268. The van der Waals surface area contributed by atoms with Gasteiger partial charge in [-0.2, -0.15) is 0 Å². The molecule has 0 unspecified atom stereocenters. The number of rotatable bonds is 4. The third-order valence-electron chi connectivity index (χ3n) is 1.87. The number of aromatic amines is 1. The molecule has 16 heavy (non-hydrogen) atoms. The highest BCUT2D eigenvalue weighted by atomic mass is 32.2. The van der Waals surface area contributed by atoms with Gasteiger partial charge in [-0.05, 0) is 29.2 Å². The maximum atomic E-state index is 11.6. The van der Waals surface area contributed by atoms with Gasteiger partial charge in [-0.3, -0.25) is 0 Å². The summed E-state index contributed by atoms with van der Waals surface area (Å²) >= 11 is 0. The lowest BCUT2D eigenvalue weighted by Crippen LogP contribution is -2.27. The second-order valence-electron chi connectivity index (χ2n) is 3.04. The third kappa shape index (κ3) is 2.41. The van der Waals surface area contributed by atoms with Gasteiger partial charge in [-0.25, -0.2) is 8.42 Å². The maximum Gasteiger partial charge on any atom is 0.286 e. The van der Waals surface area contributed by atoms with Crippen molar-refractivity contribution in [2.24, 2.45) is 0 Å². The lowest BCUT2D eigenvalue weighted by Gasteiger charge is -2.06. The molecule has 2 rings (SSSR count). The number of benzene rings is 1. The number of aromatic nitrogens is 1. The van der Waals surface area contributed by atoms with Crippen LogP contribution in [0.25, 0.3) is 0 Å². The van der Waals surface area contributed by atoms with Crippen LogP contribution >= 0.6 is 0 Å². The quantitative estimate of drug-likeness (QED) is 0.788. The Morgan fingerprint density at radius 1 is 1.06 bits per heavy atom. The van der Waals surface area contributed by atoms with E-state index in [-0.39, 0.29) is 5.03 Å². The molecular weight excluding hydrogens is 228 g/mol. The fraction of sp³-hybridized carbons (Fsp3) is 0. The second kappa shape index (κ2) is 4.38. The average molecular weight is 238 g/mol. The van der Waals surface area contributed by atoms with E-state index >= 15 is 0 Å². The number of hydrogen-bond acceptors (Lipinski definition) is 3. The monoisotopic (exact) mass is 238 g/mol. The highest BCUT2D eigenvalue weighted by molar-refractivity contribution is 7.89. The lowest BCUT2D eigenvalue weighted by atomic mass is 10.3. The van der Waals surface area contributed by atoms with Crippen molar-refractivity contribution in [3.63, 3.8) is 0 Å². The molecule has 0 saturated heterocycles. The SMILES string of the molecule is O=S(=O)(NOc1ccccc1)c1ccc[nH]1. The van der Waals surface area contributed by atoms with Crippen molar-refractivity contribution in [3.8, 4) is 5.75 Å². The Bertz CT molecular complexity index is 535. The summed E-state index contributed by atoms with van der Waals surface area (Å²) in [5.41, 5.74) is 0. The number of H-pyrrole nitrogens is 1. The Hall–Kier alpha value is -1.79. The van der Waals surface area contributed by atoms with Gasteiger partial charge in [0.15, 0.2) is 5.03 Å². The molecule has 1 heterocycles. The molecule has 0 spiro atoms. The summed E-state index contributed by atoms with van der Waals surface area (Å²) in [6.07, 6.45) is 1.52. The van der Waals surface area contributed by atoms with E-state index in [1.807, 2.05) is 11.0 Å². The van der Waals surface area contributed by atoms with Crippen molar-refractivity contribution in [2.75, 3.05) is 0 Å². The van der Waals surface area contributed by atoms with Crippen molar-refractivity contribution in [3.05, 3.63) is 48.7 Å². The van der Waals surface area contributed by atoms with Crippen LogP contribution in [0, 0.1) is 0 Å². The van der Waals surface area contributed by atoms with Crippen molar-refractivity contribution in [2.45, 2.75) is 5.03 Å². The van der Waals surface area contributed by atoms with Crippen LogP contribution in [-0.4, -0.2) is 13.4 Å². The van der Waals surface area contributed by atoms with Gasteiger partial charge in [-0.1, -0.05) is 18.2 Å². The number of nitrogens with one attached hydrogen (secondary N) is 2.